The fourth-order valence-corrected chi connectivity index (χ4v) is 3.55. The fourth-order valence-electron chi connectivity index (χ4n) is 2.08. The molecule has 0 unspecified atom stereocenters. The zero-order chi connectivity index (χ0) is 14.8. The van der Waals surface area contributed by atoms with Crippen LogP contribution in [0.15, 0.2) is 29.2 Å². The van der Waals surface area contributed by atoms with E-state index in [2.05, 4.69) is 9.64 Å². The second kappa shape index (κ2) is 5.90. The van der Waals surface area contributed by atoms with E-state index in [0.29, 0.717) is 26.2 Å². The number of rotatable bonds is 3. The summed E-state index contributed by atoms with van der Waals surface area (Å²) in [6.45, 7) is 2.33. The van der Waals surface area contributed by atoms with Crippen molar-refractivity contribution >= 4 is 16.0 Å². The molecule has 0 atom stereocenters. The smallest absolute Gasteiger partial charge is 0.337 e. The summed E-state index contributed by atoms with van der Waals surface area (Å²) in [7, 11) is -0.323. The first kappa shape index (κ1) is 15.0. The van der Waals surface area contributed by atoms with Gasteiger partial charge in [0, 0.05) is 26.2 Å². The predicted molar refractivity (Wildman–Crippen MR) is 74.0 cm³/mol. The van der Waals surface area contributed by atoms with Crippen LogP contribution >= 0.6 is 0 Å². The highest BCUT2D eigenvalue weighted by atomic mass is 32.2. The number of sulfonamides is 1. The standard InChI is InChI=1S/C13H18N2O4S/c1-14-6-8-15(9-7-14)20(17,18)12-5-3-4-11(10-12)13(16)19-2/h3-5,10H,6-9H2,1-2H3. The van der Waals surface area contributed by atoms with Gasteiger partial charge in [-0.3, -0.25) is 0 Å². The highest BCUT2D eigenvalue weighted by Crippen LogP contribution is 2.18. The van der Waals surface area contributed by atoms with Gasteiger partial charge in [0.05, 0.1) is 17.6 Å². The lowest BCUT2D eigenvalue weighted by atomic mass is 10.2. The molecule has 20 heavy (non-hydrogen) atoms. The number of hydrogen-bond donors (Lipinski definition) is 0. The molecule has 1 aromatic rings. The molecule has 0 bridgehead atoms. The lowest BCUT2D eigenvalue weighted by Gasteiger charge is -2.31. The Balaban J connectivity index is 2.28. The van der Waals surface area contributed by atoms with Gasteiger partial charge in [0.25, 0.3) is 0 Å². The molecule has 110 valence electrons. The van der Waals surface area contributed by atoms with E-state index in [9.17, 15) is 13.2 Å². The third kappa shape index (κ3) is 3.00. The summed E-state index contributed by atoms with van der Waals surface area (Å²) in [4.78, 5) is 13.7. The van der Waals surface area contributed by atoms with Crippen molar-refractivity contribution in [3.8, 4) is 0 Å². The van der Waals surface area contributed by atoms with Crippen LogP contribution < -0.4 is 0 Å². The van der Waals surface area contributed by atoms with E-state index in [1.807, 2.05) is 7.05 Å². The molecule has 6 nitrogen and oxygen atoms in total. The third-order valence-corrected chi connectivity index (χ3v) is 5.25. The number of ether oxygens (including phenoxy) is 1. The molecule has 1 saturated heterocycles. The van der Waals surface area contributed by atoms with Crippen LogP contribution in [-0.2, 0) is 14.8 Å². The summed E-state index contributed by atoms with van der Waals surface area (Å²) < 4.78 is 31.1. The first-order chi connectivity index (χ1) is 9.45. The molecule has 1 fully saturated rings. The number of esters is 1. The number of carbonyl (C=O) groups is 1. The highest BCUT2D eigenvalue weighted by Gasteiger charge is 2.27. The van der Waals surface area contributed by atoms with Crippen molar-refractivity contribution in [3.63, 3.8) is 0 Å². The fraction of sp³-hybridized carbons (Fsp3) is 0.462. The number of piperazine rings is 1. The van der Waals surface area contributed by atoms with Crippen molar-refractivity contribution in [2.75, 3.05) is 40.3 Å². The number of hydrogen-bond acceptors (Lipinski definition) is 5. The molecule has 0 N–H and O–H groups in total. The summed E-state index contributed by atoms with van der Waals surface area (Å²) >= 11 is 0. The number of nitrogens with zero attached hydrogens (tertiary/aromatic N) is 2. The van der Waals surface area contributed by atoms with Crippen LogP contribution in [0.1, 0.15) is 10.4 Å². The van der Waals surface area contributed by atoms with E-state index in [1.165, 1.54) is 29.6 Å². The largest absolute Gasteiger partial charge is 0.465 e. The minimum Gasteiger partial charge on any atom is -0.465 e. The van der Waals surface area contributed by atoms with Crippen LogP contribution in [0.25, 0.3) is 0 Å². The Hall–Kier alpha value is -1.44. The topological polar surface area (TPSA) is 66.9 Å². The number of methoxy groups -OCH3 is 1. The molecular formula is C13H18N2O4S. The lowest BCUT2D eigenvalue weighted by Crippen LogP contribution is -2.47. The monoisotopic (exact) mass is 298 g/mol. The van der Waals surface area contributed by atoms with Gasteiger partial charge in [-0.25, -0.2) is 13.2 Å². The molecule has 0 aromatic heterocycles. The molecule has 1 aliphatic rings. The maximum Gasteiger partial charge on any atom is 0.337 e. The van der Waals surface area contributed by atoms with Crippen molar-refractivity contribution in [1.82, 2.24) is 9.21 Å². The summed E-state index contributed by atoms with van der Waals surface area (Å²) in [5.74, 6) is -0.541. The van der Waals surface area contributed by atoms with E-state index >= 15 is 0 Å². The van der Waals surface area contributed by atoms with Crippen molar-refractivity contribution < 1.29 is 17.9 Å². The molecule has 0 spiro atoms. The van der Waals surface area contributed by atoms with Crippen LogP contribution in [0.3, 0.4) is 0 Å². The van der Waals surface area contributed by atoms with E-state index in [-0.39, 0.29) is 10.5 Å². The first-order valence-corrected chi connectivity index (χ1v) is 7.76. The Kier molecular flexibility index (Phi) is 4.42. The van der Waals surface area contributed by atoms with Gasteiger partial charge >= 0.3 is 5.97 Å². The molecular weight excluding hydrogens is 280 g/mol. The van der Waals surface area contributed by atoms with Gasteiger partial charge in [-0.15, -0.1) is 0 Å². The van der Waals surface area contributed by atoms with Crippen LogP contribution in [0.2, 0.25) is 0 Å². The minimum atomic E-state index is -3.55. The molecule has 7 heteroatoms. The Morgan fingerprint density at radius 3 is 2.45 bits per heavy atom. The van der Waals surface area contributed by atoms with Crippen LogP contribution in [-0.4, -0.2) is 63.9 Å². The average Bonchev–Trinajstić information content (AvgIpc) is 2.47. The van der Waals surface area contributed by atoms with Crippen LogP contribution in [0.5, 0.6) is 0 Å². The van der Waals surface area contributed by atoms with Gasteiger partial charge < -0.3 is 9.64 Å². The summed E-state index contributed by atoms with van der Waals surface area (Å²) in [6.07, 6.45) is 0. The van der Waals surface area contributed by atoms with E-state index < -0.39 is 16.0 Å². The number of likely N-dealkylation sites (N-methyl/N-ethyl adjacent to an activating group) is 1. The van der Waals surface area contributed by atoms with Crippen molar-refractivity contribution in [1.29, 1.82) is 0 Å². The Labute approximate surface area is 119 Å². The molecule has 1 aliphatic heterocycles. The third-order valence-electron chi connectivity index (χ3n) is 3.36. The van der Waals surface area contributed by atoms with Crippen molar-refractivity contribution in [2.45, 2.75) is 4.90 Å². The zero-order valence-electron chi connectivity index (χ0n) is 11.6. The second-order valence-electron chi connectivity index (χ2n) is 4.73. The summed E-state index contributed by atoms with van der Waals surface area (Å²) in [6, 6.07) is 5.95. The Morgan fingerprint density at radius 2 is 1.85 bits per heavy atom. The van der Waals surface area contributed by atoms with Crippen molar-refractivity contribution in [3.05, 3.63) is 29.8 Å². The summed E-state index contributed by atoms with van der Waals surface area (Å²) in [5.41, 5.74) is 0.239. The molecule has 0 saturated carbocycles. The van der Waals surface area contributed by atoms with E-state index in [1.54, 1.807) is 6.07 Å². The highest BCUT2D eigenvalue weighted by molar-refractivity contribution is 7.89. The normalized spacial score (nSPS) is 17.9. The Bertz CT molecular complexity index is 592. The summed E-state index contributed by atoms with van der Waals surface area (Å²) in [5, 5.41) is 0. The van der Waals surface area contributed by atoms with Gasteiger partial charge in [-0.1, -0.05) is 6.07 Å². The van der Waals surface area contributed by atoms with Gasteiger partial charge in [0.2, 0.25) is 10.0 Å². The van der Waals surface area contributed by atoms with Crippen LogP contribution in [0.4, 0.5) is 0 Å². The average molecular weight is 298 g/mol. The number of carbonyl (C=O) groups excluding carboxylic acids is 1. The quantitative estimate of drug-likeness (QED) is 0.756. The lowest BCUT2D eigenvalue weighted by molar-refractivity contribution is 0.0600. The SMILES string of the molecule is COC(=O)c1cccc(S(=O)(=O)N2CCN(C)CC2)c1. The molecule has 0 aliphatic carbocycles. The van der Waals surface area contributed by atoms with Crippen molar-refractivity contribution in [2.24, 2.45) is 0 Å². The van der Waals surface area contributed by atoms with Gasteiger partial charge in [-0.05, 0) is 25.2 Å². The van der Waals surface area contributed by atoms with Gasteiger partial charge in [-0.2, -0.15) is 4.31 Å². The predicted octanol–water partition coefficient (Wildman–Crippen LogP) is 0.409. The van der Waals surface area contributed by atoms with E-state index in [4.69, 9.17) is 0 Å². The molecule has 2 rings (SSSR count). The second-order valence-corrected chi connectivity index (χ2v) is 6.66. The maximum atomic E-state index is 12.5. The Morgan fingerprint density at radius 1 is 1.20 bits per heavy atom. The molecule has 1 heterocycles. The molecule has 0 amide bonds. The first-order valence-electron chi connectivity index (χ1n) is 6.32. The van der Waals surface area contributed by atoms with Gasteiger partial charge in [0.1, 0.15) is 0 Å². The zero-order valence-corrected chi connectivity index (χ0v) is 12.4. The molecule has 0 radical (unpaired) electrons. The van der Waals surface area contributed by atoms with Crippen LogP contribution in [0, 0.1) is 0 Å². The van der Waals surface area contributed by atoms with E-state index in [0.717, 1.165) is 0 Å². The van der Waals surface area contributed by atoms with Gasteiger partial charge in [0.15, 0.2) is 0 Å². The maximum absolute atomic E-state index is 12.5. The minimum absolute atomic E-state index is 0.130. The number of benzene rings is 1. The molecule has 1 aromatic carbocycles.